The first-order valence-corrected chi connectivity index (χ1v) is 7.27. The van der Waals surface area contributed by atoms with Crippen LogP contribution in [0.2, 0.25) is 0 Å². The molecule has 0 bridgehead atoms. The van der Waals surface area contributed by atoms with Crippen LogP contribution in [0.5, 0.6) is 0 Å². The second kappa shape index (κ2) is 9.86. The third kappa shape index (κ3) is 6.39. The van der Waals surface area contributed by atoms with E-state index in [4.69, 9.17) is 9.47 Å². The molecule has 0 aromatic carbocycles. The fourth-order valence-electron chi connectivity index (χ4n) is 2.26. The predicted octanol–water partition coefficient (Wildman–Crippen LogP) is 2.60. The Bertz CT molecular complexity index is 176. The van der Waals surface area contributed by atoms with Crippen molar-refractivity contribution in [2.75, 3.05) is 33.0 Å². The van der Waals surface area contributed by atoms with E-state index < -0.39 is 0 Å². The van der Waals surface area contributed by atoms with Gasteiger partial charge in [-0.3, -0.25) is 0 Å². The molecule has 2 unspecified atom stereocenters. The highest BCUT2D eigenvalue weighted by Gasteiger charge is 2.24. The van der Waals surface area contributed by atoms with Gasteiger partial charge in [-0.05, 0) is 38.1 Å². The molecule has 0 spiro atoms. The molecule has 17 heavy (non-hydrogen) atoms. The molecule has 1 aliphatic rings. The van der Waals surface area contributed by atoms with Crippen LogP contribution in [-0.4, -0.2) is 39.0 Å². The molecular formula is C14H29NO2. The molecule has 1 rings (SSSR count). The first kappa shape index (κ1) is 14.9. The second-order valence-corrected chi connectivity index (χ2v) is 4.94. The third-order valence-electron chi connectivity index (χ3n) is 3.41. The van der Waals surface area contributed by atoms with Gasteiger partial charge in [0.25, 0.3) is 0 Å². The number of rotatable bonds is 9. The van der Waals surface area contributed by atoms with Crippen LogP contribution >= 0.6 is 0 Å². The molecule has 2 atom stereocenters. The van der Waals surface area contributed by atoms with Gasteiger partial charge in [0.2, 0.25) is 0 Å². The van der Waals surface area contributed by atoms with Gasteiger partial charge in [0, 0.05) is 25.9 Å². The second-order valence-electron chi connectivity index (χ2n) is 4.94. The van der Waals surface area contributed by atoms with E-state index in [0.29, 0.717) is 12.0 Å². The Morgan fingerprint density at radius 1 is 1.24 bits per heavy atom. The lowest BCUT2D eigenvalue weighted by Crippen LogP contribution is -2.43. The Labute approximate surface area is 106 Å². The van der Waals surface area contributed by atoms with Gasteiger partial charge in [0.15, 0.2) is 0 Å². The molecule has 0 aromatic heterocycles. The Balaban J connectivity index is 2.13. The Morgan fingerprint density at radius 3 is 2.88 bits per heavy atom. The van der Waals surface area contributed by atoms with Crippen LogP contribution in [0.4, 0.5) is 0 Å². The molecule has 102 valence electrons. The summed E-state index contributed by atoms with van der Waals surface area (Å²) in [4.78, 5) is 0. The maximum atomic E-state index is 5.65. The fraction of sp³-hybridized carbons (Fsp3) is 1.00. The van der Waals surface area contributed by atoms with Crippen LogP contribution in [-0.2, 0) is 9.47 Å². The van der Waals surface area contributed by atoms with E-state index in [-0.39, 0.29) is 0 Å². The lowest BCUT2D eigenvalue weighted by atomic mass is 9.93. The van der Waals surface area contributed by atoms with E-state index in [9.17, 15) is 0 Å². The van der Waals surface area contributed by atoms with Gasteiger partial charge >= 0.3 is 0 Å². The van der Waals surface area contributed by atoms with Crippen LogP contribution in [0.3, 0.4) is 0 Å². The van der Waals surface area contributed by atoms with Gasteiger partial charge in [-0.1, -0.05) is 20.3 Å². The standard InChI is InChI=1S/C14H29NO2/c1-3-5-9-16-10-6-13-12-17-11-7-14(13)15-8-4-2/h13-15H,3-12H2,1-2H3. The fourth-order valence-corrected chi connectivity index (χ4v) is 2.26. The van der Waals surface area contributed by atoms with Crippen LogP contribution in [0.1, 0.15) is 46.0 Å². The molecule has 3 heteroatoms. The highest BCUT2D eigenvalue weighted by atomic mass is 16.5. The molecule has 0 saturated carbocycles. The van der Waals surface area contributed by atoms with E-state index in [1.807, 2.05) is 0 Å². The number of unbranched alkanes of at least 4 members (excludes halogenated alkanes) is 1. The van der Waals surface area contributed by atoms with Crippen LogP contribution in [0, 0.1) is 5.92 Å². The van der Waals surface area contributed by atoms with Crippen LogP contribution in [0.25, 0.3) is 0 Å². The molecule has 1 aliphatic heterocycles. The molecule has 1 heterocycles. The molecule has 0 amide bonds. The zero-order valence-electron chi connectivity index (χ0n) is 11.5. The van der Waals surface area contributed by atoms with Crippen molar-refractivity contribution < 1.29 is 9.47 Å². The summed E-state index contributed by atoms with van der Waals surface area (Å²) in [5.41, 5.74) is 0. The highest BCUT2D eigenvalue weighted by Crippen LogP contribution is 2.18. The van der Waals surface area contributed by atoms with Crippen LogP contribution in [0.15, 0.2) is 0 Å². The Kier molecular flexibility index (Phi) is 8.67. The van der Waals surface area contributed by atoms with Crippen molar-refractivity contribution in [2.24, 2.45) is 5.92 Å². The molecule has 1 N–H and O–H groups in total. The van der Waals surface area contributed by atoms with Crippen molar-refractivity contribution in [3.63, 3.8) is 0 Å². The summed E-state index contributed by atoms with van der Waals surface area (Å²) in [6.07, 6.45) is 5.88. The monoisotopic (exact) mass is 243 g/mol. The van der Waals surface area contributed by atoms with E-state index in [0.717, 1.165) is 45.8 Å². The molecule has 0 aliphatic carbocycles. The van der Waals surface area contributed by atoms with Crippen molar-refractivity contribution in [1.82, 2.24) is 5.32 Å². The minimum atomic E-state index is 0.636. The van der Waals surface area contributed by atoms with Gasteiger partial charge in [-0.15, -0.1) is 0 Å². The summed E-state index contributed by atoms with van der Waals surface area (Å²) in [6.45, 7) is 9.15. The van der Waals surface area contributed by atoms with E-state index in [1.165, 1.54) is 19.3 Å². The lowest BCUT2D eigenvalue weighted by molar-refractivity contribution is 0.0137. The summed E-state index contributed by atoms with van der Waals surface area (Å²) in [6, 6.07) is 0.637. The lowest BCUT2D eigenvalue weighted by Gasteiger charge is -2.32. The normalized spacial score (nSPS) is 25.1. The van der Waals surface area contributed by atoms with Crippen molar-refractivity contribution in [2.45, 2.75) is 52.0 Å². The van der Waals surface area contributed by atoms with E-state index in [1.54, 1.807) is 0 Å². The van der Waals surface area contributed by atoms with Crippen molar-refractivity contribution in [3.8, 4) is 0 Å². The van der Waals surface area contributed by atoms with Crippen molar-refractivity contribution in [1.29, 1.82) is 0 Å². The van der Waals surface area contributed by atoms with Gasteiger partial charge in [0.05, 0.1) is 6.61 Å². The van der Waals surface area contributed by atoms with Gasteiger partial charge < -0.3 is 14.8 Å². The molecule has 3 nitrogen and oxygen atoms in total. The highest BCUT2D eigenvalue weighted by molar-refractivity contribution is 4.79. The molecule has 0 aromatic rings. The SMILES string of the molecule is CCCCOCCC1COCCC1NCCC. The summed E-state index contributed by atoms with van der Waals surface area (Å²) < 4.78 is 11.2. The van der Waals surface area contributed by atoms with Gasteiger partial charge in [-0.25, -0.2) is 0 Å². The number of hydrogen-bond donors (Lipinski definition) is 1. The maximum Gasteiger partial charge on any atom is 0.0510 e. The Hall–Kier alpha value is -0.120. The molecule has 1 fully saturated rings. The number of hydrogen-bond acceptors (Lipinski definition) is 3. The van der Waals surface area contributed by atoms with Crippen molar-refractivity contribution >= 4 is 0 Å². The minimum Gasteiger partial charge on any atom is -0.381 e. The summed E-state index contributed by atoms with van der Waals surface area (Å²) in [7, 11) is 0. The molecular weight excluding hydrogens is 214 g/mol. The van der Waals surface area contributed by atoms with Crippen LogP contribution < -0.4 is 5.32 Å². The average molecular weight is 243 g/mol. The van der Waals surface area contributed by atoms with E-state index >= 15 is 0 Å². The molecule has 0 radical (unpaired) electrons. The topological polar surface area (TPSA) is 30.5 Å². The average Bonchev–Trinajstić information content (AvgIpc) is 2.37. The largest absolute Gasteiger partial charge is 0.381 e. The third-order valence-corrected chi connectivity index (χ3v) is 3.41. The van der Waals surface area contributed by atoms with Gasteiger partial charge in [0.1, 0.15) is 0 Å². The number of nitrogens with one attached hydrogen (secondary N) is 1. The first-order valence-electron chi connectivity index (χ1n) is 7.27. The molecule has 1 saturated heterocycles. The minimum absolute atomic E-state index is 0.636. The number of ether oxygens (including phenoxy) is 2. The summed E-state index contributed by atoms with van der Waals surface area (Å²) >= 11 is 0. The summed E-state index contributed by atoms with van der Waals surface area (Å²) in [5, 5.41) is 3.64. The zero-order chi connectivity index (χ0) is 12.3. The smallest absolute Gasteiger partial charge is 0.0510 e. The Morgan fingerprint density at radius 2 is 2.12 bits per heavy atom. The summed E-state index contributed by atoms with van der Waals surface area (Å²) in [5.74, 6) is 0.636. The van der Waals surface area contributed by atoms with Crippen molar-refractivity contribution in [3.05, 3.63) is 0 Å². The van der Waals surface area contributed by atoms with E-state index in [2.05, 4.69) is 19.2 Å². The maximum absolute atomic E-state index is 5.65. The first-order chi connectivity index (χ1) is 8.38. The quantitative estimate of drug-likeness (QED) is 0.631. The predicted molar refractivity (Wildman–Crippen MR) is 71.4 cm³/mol. The van der Waals surface area contributed by atoms with Gasteiger partial charge in [-0.2, -0.15) is 0 Å². The zero-order valence-corrected chi connectivity index (χ0v) is 11.5.